The summed E-state index contributed by atoms with van der Waals surface area (Å²) in [6.45, 7) is 4.39. The van der Waals surface area contributed by atoms with Gasteiger partial charge in [-0.1, -0.05) is 29.5 Å². The van der Waals surface area contributed by atoms with Crippen LogP contribution in [0.5, 0.6) is 5.75 Å². The third-order valence-corrected chi connectivity index (χ3v) is 6.44. The number of para-hydroxylation sites is 2. The minimum atomic E-state index is -0.270. The fourth-order valence-electron chi connectivity index (χ4n) is 3.15. The SMILES string of the molecule is CCOc1cccc2sc(-n3nc(C)cc3NC(=O)c3nc4ccccc4s3)nc12. The largest absolute Gasteiger partial charge is 0.492 e. The Kier molecular flexibility index (Phi) is 4.68. The zero-order valence-corrected chi connectivity index (χ0v) is 17.9. The summed E-state index contributed by atoms with van der Waals surface area (Å²) in [6.07, 6.45) is 0. The molecule has 0 aliphatic heterocycles. The van der Waals surface area contributed by atoms with Gasteiger partial charge in [-0.15, -0.1) is 11.3 Å². The maximum Gasteiger partial charge on any atom is 0.285 e. The monoisotopic (exact) mass is 435 g/mol. The molecule has 0 aliphatic carbocycles. The first kappa shape index (κ1) is 18.7. The van der Waals surface area contributed by atoms with E-state index in [2.05, 4.69) is 15.4 Å². The summed E-state index contributed by atoms with van der Waals surface area (Å²) in [5, 5.41) is 8.53. The van der Waals surface area contributed by atoms with Gasteiger partial charge in [-0.3, -0.25) is 4.79 Å². The first-order valence-electron chi connectivity index (χ1n) is 9.38. The van der Waals surface area contributed by atoms with Crippen LogP contribution in [0.25, 0.3) is 25.6 Å². The normalized spacial score (nSPS) is 11.3. The van der Waals surface area contributed by atoms with E-state index in [1.54, 1.807) is 4.68 Å². The van der Waals surface area contributed by atoms with Crippen molar-refractivity contribution in [3.8, 4) is 10.9 Å². The van der Waals surface area contributed by atoms with Crippen LogP contribution in [-0.2, 0) is 0 Å². The molecule has 1 amide bonds. The van der Waals surface area contributed by atoms with Crippen molar-refractivity contribution in [1.29, 1.82) is 0 Å². The van der Waals surface area contributed by atoms with Crippen molar-refractivity contribution >= 4 is 54.8 Å². The lowest BCUT2D eigenvalue weighted by molar-refractivity contribution is 0.102. The second-order valence-electron chi connectivity index (χ2n) is 6.56. The van der Waals surface area contributed by atoms with E-state index in [0.717, 1.165) is 31.9 Å². The molecule has 0 saturated carbocycles. The molecule has 3 aromatic heterocycles. The molecule has 0 radical (unpaired) electrons. The second kappa shape index (κ2) is 7.51. The lowest BCUT2D eigenvalue weighted by Gasteiger charge is -2.04. The molecule has 5 aromatic rings. The number of anilines is 1. The van der Waals surface area contributed by atoms with Gasteiger partial charge >= 0.3 is 0 Å². The van der Waals surface area contributed by atoms with Crippen LogP contribution in [0, 0.1) is 6.92 Å². The van der Waals surface area contributed by atoms with Crippen molar-refractivity contribution in [2.45, 2.75) is 13.8 Å². The van der Waals surface area contributed by atoms with Crippen molar-refractivity contribution in [2.75, 3.05) is 11.9 Å². The van der Waals surface area contributed by atoms with Crippen LogP contribution >= 0.6 is 22.7 Å². The fourth-order valence-corrected chi connectivity index (χ4v) is 4.96. The van der Waals surface area contributed by atoms with Gasteiger partial charge in [0.05, 0.1) is 27.2 Å². The van der Waals surface area contributed by atoms with E-state index in [9.17, 15) is 4.79 Å². The number of nitrogens with zero attached hydrogens (tertiary/aromatic N) is 4. The molecule has 2 aromatic carbocycles. The van der Waals surface area contributed by atoms with Gasteiger partial charge in [-0.05, 0) is 38.1 Å². The molecule has 150 valence electrons. The molecular formula is C21H17N5O2S2. The van der Waals surface area contributed by atoms with E-state index in [0.29, 0.717) is 22.6 Å². The van der Waals surface area contributed by atoms with Gasteiger partial charge in [-0.25, -0.2) is 9.97 Å². The van der Waals surface area contributed by atoms with Gasteiger partial charge in [0.25, 0.3) is 5.91 Å². The van der Waals surface area contributed by atoms with Crippen LogP contribution in [0.15, 0.2) is 48.5 Å². The number of aryl methyl sites for hydroxylation is 1. The van der Waals surface area contributed by atoms with Gasteiger partial charge in [0.15, 0.2) is 5.01 Å². The van der Waals surface area contributed by atoms with Crippen LogP contribution in [0.2, 0.25) is 0 Å². The average molecular weight is 436 g/mol. The Morgan fingerprint density at radius 1 is 1.10 bits per heavy atom. The van der Waals surface area contributed by atoms with Crippen LogP contribution in [0.1, 0.15) is 22.4 Å². The molecule has 0 unspecified atom stereocenters. The Labute approximate surface area is 180 Å². The highest BCUT2D eigenvalue weighted by Gasteiger charge is 2.18. The number of aromatic nitrogens is 4. The van der Waals surface area contributed by atoms with Gasteiger partial charge in [0, 0.05) is 6.07 Å². The molecule has 0 bridgehead atoms. The summed E-state index contributed by atoms with van der Waals surface area (Å²) in [5.74, 6) is 1.02. The maximum absolute atomic E-state index is 12.8. The van der Waals surface area contributed by atoms with E-state index in [1.807, 2.05) is 62.4 Å². The summed E-state index contributed by atoms with van der Waals surface area (Å²) in [6, 6.07) is 15.4. The topological polar surface area (TPSA) is 81.9 Å². The minimum Gasteiger partial charge on any atom is -0.492 e. The molecule has 0 aliphatic rings. The van der Waals surface area contributed by atoms with E-state index in [1.165, 1.54) is 22.7 Å². The molecule has 7 nitrogen and oxygen atoms in total. The lowest BCUT2D eigenvalue weighted by Crippen LogP contribution is -2.14. The van der Waals surface area contributed by atoms with Crippen LogP contribution in [0.3, 0.4) is 0 Å². The molecule has 1 N–H and O–H groups in total. The number of fused-ring (bicyclic) bond motifs is 2. The molecule has 0 spiro atoms. The van der Waals surface area contributed by atoms with Crippen LogP contribution in [0.4, 0.5) is 5.82 Å². The third kappa shape index (κ3) is 3.31. The highest BCUT2D eigenvalue weighted by Crippen LogP contribution is 2.33. The number of benzene rings is 2. The minimum absolute atomic E-state index is 0.270. The fraction of sp³-hybridized carbons (Fsp3) is 0.143. The van der Waals surface area contributed by atoms with Crippen molar-refractivity contribution in [1.82, 2.24) is 19.7 Å². The lowest BCUT2D eigenvalue weighted by atomic mass is 10.3. The molecule has 0 saturated heterocycles. The summed E-state index contributed by atoms with van der Waals surface area (Å²) < 4.78 is 9.31. The molecular weight excluding hydrogens is 418 g/mol. The second-order valence-corrected chi connectivity index (χ2v) is 8.60. The average Bonchev–Trinajstić information content (AvgIpc) is 3.44. The quantitative estimate of drug-likeness (QED) is 0.418. The summed E-state index contributed by atoms with van der Waals surface area (Å²) in [4.78, 5) is 22.0. The van der Waals surface area contributed by atoms with Crippen molar-refractivity contribution in [2.24, 2.45) is 0 Å². The van der Waals surface area contributed by atoms with E-state index < -0.39 is 0 Å². The number of ether oxygens (including phenoxy) is 1. The number of carbonyl (C=O) groups excluding carboxylic acids is 1. The van der Waals surface area contributed by atoms with Gasteiger partial charge in [-0.2, -0.15) is 9.78 Å². The van der Waals surface area contributed by atoms with E-state index in [4.69, 9.17) is 9.72 Å². The van der Waals surface area contributed by atoms with E-state index in [-0.39, 0.29) is 5.91 Å². The highest BCUT2D eigenvalue weighted by atomic mass is 32.1. The number of hydrogen-bond acceptors (Lipinski definition) is 7. The number of carbonyl (C=O) groups is 1. The zero-order chi connectivity index (χ0) is 20.7. The third-order valence-electron chi connectivity index (χ3n) is 4.41. The van der Waals surface area contributed by atoms with Crippen molar-refractivity contribution < 1.29 is 9.53 Å². The Morgan fingerprint density at radius 3 is 2.77 bits per heavy atom. The molecule has 3 heterocycles. The Hall–Kier alpha value is -3.30. The predicted molar refractivity (Wildman–Crippen MR) is 120 cm³/mol. The smallest absolute Gasteiger partial charge is 0.285 e. The number of thiazole rings is 2. The number of amides is 1. The Morgan fingerprint density at radius 2 is 1.93 bits per heavy atom. The standard InChI is InChI=1S/C21H17N5O2S2/c1-3-28-14-8-6-10-16-18(14)24-21(30-16)26-17(11-12(2)25-26)23-19(27)20-22-13-7-4-5-9-15(13)29-20/h4-11H,3H2,1-2H3,(H,23,27). The van der Waals surface area contributed by atoms with Gasteiger partial charge in [0.1, 0.15) is 17.1 Å². The van der Waals surface area contributed by atoms with Crippen LogP contribution in [-0.4, -0.2) is 32.3 Å². The molecule has 30 heavy (non-hydrogen) atoms. The number of nitrogens with one attached hydrogen (secondary N) is 1. The molecule has 0 fully saturated rings. The number of rotatable bonds is 5. The molecule has 5 rings (SSSR count). The molecule has 0 atom stereocenters. The van der Waals surface area contributed by atoms with E-state index >= 15 is 0 Å². The Balaban J connectivity index is 1.50. The predicted octanol–water partition coefficient (Wildman–Crippen LogP) is 5.05. The summed E-state index contributed by atoms with van der Waals surface area (Å²) in [7, 11) is 0. The first-order valence-corrected chi connectivity index (χ1v) is 11.0. The number of hydrogen-bond donors (Lipinski definition) is 1. The first-order chi connectivity index (χ1) is 14.6. The zero-order valence-electron chi connectivity index (χ0n) is 16.2. The van der Waals surface area contributed by atoms with Crippen molar-refractivity contribution in [3.05, 3.63) is 59.2 Å². The molecule has 9 heteroatoms. The summed E-state index contributed by atoms with van der Waals surface area (Å²) >= 11 is 2.85. The van der Waals surface area contributed by atoms with Crippen LogP contribution < -0.4 is 10.1 Å². The van der Waals surface area contributed by atoms with Gasteiger partial charge < -0.3 is 10.1 Å². The highest BCUT2D eigenvalue weighted by molar-refractivity contribution is 7.21. The summed E-state index contributed by atoms with van der Waals surface area (Å²) in [5.41, 5.74) is 2.38. The Bertz CT molecular complexity index is 1350. The maximum atomic E-state index is 12.8. The van der Waals surface area contributed by atoms with Crippen molar-refractivity contribution in [3.63, 3.8) is 0 Å². The van der Waals surface area contributed by atoms with Gasteiger partial charge in [0.2, 0.25) is 5.13 Å².